The summed E-state index contributed by atoms with van der Waals surface area (Å²) in [5, 5.41) is 0. The molecule has 88 valence electrons. The van der Waals surface area contributed by atoms with Gasteiger partial charge < -0.3 is 12.4 Å². The minimum Gasteiger partial charge on any atom is -1.00 e. The van der Waals surface area contributed by atoms with Crippen LogP contribution in [0.1, 0.15) is 0 Å². The summed E-state index contributed by atoms with van der Waals surface area (Å²) in [5.41, 5.74) is 0. The zero-order valence-corrected chi connectivity index (χ0v) is 11.1. The van der Waals surface area contributed by atoms with E-state index in [2.05, 4.69) is 28.9 Å². The first-order valence-electron chi connectivity index (χ1n) is 4.51. The summed E-state index contributed by atoms with van der Waals surface area (Å²) >= 11 is 5.63. The highest BCUT2D eigenvalue weighted by Gasteiger charge is 2.01. The lowest BCUT2D eigenvalue weighted by Crippen LogP contribution is -3.00. The number of aromatic nitrogens is 1. The van der Waals surface area contributed by atoms with E-state index in [0.29, 0.717) is 5.88 Å². The lowest BCUT2D eigenvalue weighted by atomic mass is 10.4. The maximum atomic E-state index is 5.63. The van der Waals surface area contributed by atoms with E-state index in [0.717, 1.165) is 19.6 Å². The molecule has 0 aromatic carbocycles. The number of hydrogen-bond acceptors (Lipinski definition) is 1. The second kappa shape index (κ2) is 10.5. The Balaban J connectivity index is 0. The SMILES string of the molecule is CN(CCCl)CC[n+]1ccccc1.Cl.[Cl-]. The highest BCUT2D eigenvalue weighted by molar-refractivity contribution is 6.18. The third kappa shape index (κ3) is 7.86. The Morgan fingerprint density at radius 1 is 1.13 bits per heavy atom. The monoisotopic (exact) mass is 270 g/mol. The average molecular weight is 272 g/mol. The topological polar surface area (TPSA) is 7.12 Å². The molecule has 1 rings (SSSR count). The van der Waals surface area contributed by atoms with Crippen LogP contribution in [-0.2, 0) is 6.54 Å². The van der Waals surface area contributed by atoms with Crippen molar-refractivity contribution in [2.24, 2.45) is 0 Å². The molecule has 0 bridgehead atoms. The van der Waals surface area contributed by atoms with Crippen LogP contribution in [0.5, 0.6) is 0 Å². The summed E-state index contributed by atoms with van der Waals surface area (Å²) in [4.78, 5) is 2.23. The molecule has 0 N–H and O–H groups in total. The summed E-state index contributed by atoms with van der Waals surface area (Å²) in [7, 11) is 2.09. The van der Waals surface area contributed by atoms with E-state index < -0.39 is 0 Å². The van der Waals surface area contributed by atoms with Gasteiger partial charge in [-0.1, -0.05) is 6.07 Å². The molecule has 0 amide bonds. The minimum absolute atomic E-state index is 0. The summed E-state index contributed by atoms with van der Waals surface area (Å²) in [6, 6.07) is 6.11. The summed E-state index contributed by atoms with van der Waals surface area (Å²) in [5.74, 6) is 0.704. The molecule has 2 nitrogen and oxygen atoms in total. The van der Waals surface area contributed by atoms with Crippen molar-refractivity contribution in [2.75, 3.05) is 26.0 Å². The molecule has 0 radical (unpaired) electrons. The molecule has 0 unspecified atom stereocenters. The molecule has 1 heterocycles. The fourth-order valence-electron chi connectivity index (χ4n) is 1.13. The first kappa shape index (κ1) is 17.4. The molecular weight excluding hydrogens is 254 g/mol. The van der Waals surface area contributed by atoms with Crippen LogP contribution in [0.25, 0.3) is 0 Å². The van der Waals surface area contributed by atoms with E-state index in [1.807, 2.05) is 18.2 Å². The minimum atomic E-state index is 0. The normalized spacial score (nSPS) is 9.27. The Morgan fingerprint density at radius 2 is 1.73 bits per heavy atom. The van der Waals surface area contributed by atoms with Crippen LogP contribution in [0, 0.1) is 0 Å². The Bertz CT molecular complexity index is 231. The first-order chi connectivity index (χ1) is 6.33. The van der Waals surface area contributed by atoms with E-state index in [4.69, 9.17) is 11.6 Å². The van der Waals surface area contributed by atoms with E-state index in [1.54, 1.807) is 0 Å². The second-order valence-corrected chi connectivity index (χ2v) is 3.48. The van der Waals surface area contributed by atoms with Crippen molar-refractivity contribution < 1.29 is 17.0 Å². The van der Waals surface area contributed by atoms with E-state index in [-0.39, 0.29) is 24.8 Å². The highest BCUT2D eigenvalue weighted by Crippen LogP contribution is 1.84. The lowest BCUT2D eigenvalue weighted by molar-refractivity contribution is -0.696. The van der Waals surface area contributed by atoms with Gasteiger partial charge in [0.15, 0.2) is 18.9 Å². The average Bonchev–Trinajstić information content (AvgIpc) is 2.17. The molecule has 0 saturated heterocycles. The zero-order valence-electron chi connectivity index (χ0n) is 8.77. The first-order valence-corrected chi connectivity index (χ1v) is 5.05. The van der Waals surface area contributed by atoms with Gasteiger partial charge in [-0.2, -0.15) is 0 Å². The Hall–Kier alpha value is -0.0200. The summed E-state index contributed by atoms with van der Waals surface area (Å²) < 4.78 is 2.17. The number of pyridine rings is 1. The van der Waals surface area contributed by atoms with Crippen LogP contribution in [-0.4, -0.2) is 30.9 Å². The van der Waals surface area contributed by atoms with Crippen molar-refractivity contribution in [2.45, 2.75) is 6.54 Å². The summed E-state index contributed by atoms with van der Waals surface area (Å²) in [6.45, 7) is 3.02. The predicted molar refractivity (Wildman–Crippen MR) is 62.1 cm³/mol. The van der Waals surface area contributed by atoms with Crippen molar-refractivity contribution in [3.05, 3.63) is 30.6 Å². The van der Waals surface area contributed by atoms with Crippen LogP contribution in [0.3, 0.4) is 0 Å². The van der Waals surface area contributed by atoms with Crippen molar-refractivity contribution in [1.29, 1.82) is 0 Å². The third-order valence-electron chi connectivity index (χ3n) is 1.98. The van der Waals surface area contributed by atoms with Gasteiger partial charge in [0.25, 0.3) is 0 Å². The molecule has 1 aromatic heterocycles. The predicted octanol–water partition coefficient (Wildman–Crippen LogP) is -1.43. The molecular formula is C10H17Cl3N2. The number of rotatable bonds is 5. The van der Waals surface area contributed by atoms with Gasteiger partial charge in [0.2, 0.25) is 0 Å². The van der Waals surface area contributed by atoms with Crippen molar-refractivity contribution in [3.8, 4) is 0 Å². The van der Waals surface area contributed by atoms with Gasteiger partial charge in [-0.15, -0.1) is 24.0 Å². The number of likely N-dealkylation sites (N-methyl/N-ethyl adjacent to an activating group) is 1. The van der Waals surface area contributed by atoms with Gasteiger partial charge in [0, 0.05) is 24.6 Å². The number of alkyl halides is 1. The van der Waals surface area contributed by atoms with Gasteiger partial charge in [-0.25, -0.2) is 4.57 Å². The fraction of sp³-hybridized carbons (Fsp3) is 0.500. The molecule has 1 aromatic rings. The van der Waals surface area contributed by atoms with Gasteiger partial charge in [0.05, 0.1) is 6.54 Å². The Kier molecular flexibility index (Phi) is 12.2. The van der Waals surface area contributed by atoms with Gasteiger partial charge in [-0.3, -0.25) is 4.90 Å². The Morgan fingerprint density at radius 3 is 2.27 bits per heavy atom. The van der Waals surface area contributed by atoms with Crippen LogP contribution in [0.2, 0.25) is 0 Å². The zero-order chi connectivity index (χ0) is 9.52. The van der Waals surface area contributed by atoms with Crippen LogP contribution in [0.4, 0.5) is 0 Å². The highest BCUT2D eigenvalue weighted by atomic mass is 35.5. The van der Waals surface area contributed by atoms with Crippen LogP contribution < -0.4 is 17.0 Å². The quantitative estimate of drug-likeness (QED) is 0.471. The maximum Gasteiger partial charge on any atom is 0.168 e. The van der Waals surface area contributed by atoms with E-state index >= 15 is 0 Å². The van der Waals surface area contributed by atoms with Crippen molar-refractivity contribution in [3.63, 3.8) is 0 Å². The van der Waals surface area contributed by atoms with E-state index in [1.165, 1.54) is 0 Å². The molecule has 5 heteroatoms. The molecule has 0 aliphatic carbocycles. The van der Waals surface area contributed by atoms with Gasteiger partial charge in [-0.05, 0) is 7.05 Å². The second-order valence-electron chi connectivity index (χ2n) is 3.11. The maximum absolute atomic E-state index is 5.63. The van der Waals surface area contributed by atoms with Crippen molar-refractivity contribution >= 4 is 24.0 Å². The molecule has 0 fully saturated rings. The molecule has 0 spiro atoms. The number of nitrogens with zero attached hydrogens (tertiary/aromatic N) is 2. The standard InChI is InChI=1S/C10H16ClN2.2ClH/c1-12(8-5-11)9-10-13-6-3-2-4-7-13;;/h2-4,6-7H,5,8-10H2,1H3;2*1H/q+1;;/p-1. The van der Waals surface area contributed by atoms with Crippen LogP contribution in [0.15, 0.2) is 30.6 Å². The number of hydrogen-bond donors (Lipinski definition) is 0. The molecule has 0 atom stereocenters. The van der Waals surface area contributed by atoms with E-state index in [9.17, 15) is 0 Å². The molecule has 0 aliphatic heterocycles. The van der Waals surface area contributed by atoms with Gasteiger partial charge in [0.1, 0.15) is 0 Å². The summed E-state index contributed by atoms with van der Waals surface area (Å²) in [6.07, 6.45) is 4.16. The lowest BCUT2D eigenvalue weighted by Gasteiger charge is -2.11. The molecule has 0 aliphatic rings. The smallest absolute Gasteiger partial charge is 0.168 e. The third-order valence-corrected chi connectivity index (χ3v) is 2.15. The number of halogens is 3. The Labute approximate surface area is 109 Å². The van der Waals surface area contributed by atoms with Crippen LogP contribution >= 0.6 is 24.0 Å². The van der Waals surface area contributed by atoms with Crippen molar-refractivity contribution in [1.82, 2.24) is 4.90 Å². The molecule has 15 heavy (non-hydrogen) atoms. The fourth-order valence-corrected chi connectivity index (χ4v) is 1.41. The van der Waals surface area contributed by atoms with Gasteiger partial charge >= 0.3 is 0 Å². The largest absolute Gasteiger partial charge is 1.00 e. The molecule has 0 saturated carbocycles.